The SMILES string of the molecule is CC(C)C(C(=O)C(=O)O)c1ccccc1Br. The first-order valence-electron chi connectivity index (χ1n) is 4.96. The molecule has 1 aromatic carbocycles. The van der Waals surface area contributed by atoms with Crippen molar-refractivity contribution in [3.63, 3.8) is 0 Å². The van der Waals surface area contributed by atoms with Gasteiger partial charge < -0.3 is 5.11 Å². The first-order chi connectivity index (χ1) is 7.45. The lowest BCUT2D eigenvalue weighted by Gasteiger charge is -2.19. The van der Waals surface area contributed by atoms with Crippen molar-refractivity contribution in [3.05, 3.63) is 34.3 Å². The summed E-state index contributed by atoms with van der Waals surface area (Å²) in [5.41, 5.74) is 0.727. The highest BCUT2D eigenvalue weighted by Crippen LogP contribution is 2.31. The Kier molecular flexibility index (Phi) is 4.24. The van der Waals surface area contributed by atoms with Gasteiger partial charge in [0.15, 0.2) is 0 Å². The third-order valence-electron chi connectivity index (χ3n) is 2.40. The van der Waals surface area contributed by atoms with E-state index in [0.717, 1.165) is 10.0 Å². The Morgan fingerprint density at radius 3 is 2.25 bits per heavy atom. The normalized spacial score (nSPS) is 12.5. The molecular formula is C12H13BrO3. The second-order valence-corrected chi connectivity index (χ2v) is 4.77. The quantitative estimate of drug-likeness (QED) is 0.865. The first kappa shape index (κ1) is 12.9. The fraction of sp³-hybridized carbons (Fsp3) is 0.333. The number of hydrogen-bond donors (Lipinski definition) is 1. The number of carbonyl (C=O) groups excluding carboxylic acids is 1. The molecule has 3 nitrogen and oxygen atoms in total. The van der Waals surface area contributed by atoms with Crippen molar-refractivity contribution >= 4 is 27.7 Å². The molecule has 0 saturated carbocycles. The Morgan fingerprint density at radius 2 is 1.81 bits per heavy atom. The Hall–Kier alpha value is -1.16. The molecule has 0 aliphatic heterocycles. The van der Waals surface area contributed by atoms with Gasteiger partial charge in [-0.2, -0.15) is 0 Å². The third-order valence-corrected chi connectivity index (χ3v) is 3.12. The number of carboxylic acids is 1. The van der Waals surface area contributed by atoms with Gasteiger partial charge in [0.1, 0.15) is 0 Å². The van der Waals surface area contributed by atoms with E-state index in [0.29, 0.717) is 0 Å². The van der Waals surface area contributed by atoms with Gasteiger partial charge in [-0.05, 0) is 17.5 Å². The van der Waals surface area contributed by atoms with Gasteiger partial charge in [-0.25, -0.2) is 4.79 Å². The van der Waals surface area contributed by atoms with Crippen molar-refractivity contribution in [1.82, 2.24) is 0 Å². The first-order valence-corrected chi connectivity index (χ1v) is 5.76. The second kappa shape index (κ2) is 5.25. The zero-order valence-corrected chi connectivity index (χ0v) is 10.7. The maximum absolute atomic E-state index is 11.6. The Balaban J connectivity index is 3.18. The van der Waals surface area contributed by atoms with E-state index in [9.17, 15) is 9.59 Å². The largest absolute Gasteiger partial charge is 0.475 e. The Bertz CT molecular complexity index is 412. The molecule has 1 aromatic rings. The van der Waals surface area contributed by atoms with Gasteiger partial charge in [0.25, 0.3) is 0 Å². The van der Waals surface area contributed by atoms with E-state index in [-0.39, 0.29) is 5.92 Å². The van der Waals surface area contributed by atoms with Crippen LogP contribution in [0.2, 0.25) is 0 Å². The summed E-state index contributed by atoms with van der Waals surface area (Å²) in [7, 11) is 0. The Labute approximate surface area is 103 Å². The average molecular weight is 285 g/mol. The van der Waals surface area contributed by atoms with E-state index in [1.165, 1.54) is 0 Å². The van der Waals surface area contributed by atoms with Gasteiger partial charge in [-0.15, -0.1) is 0 Å². The van der Waals surface area contributed by atoms with Crippen molar-refractivity contribution in [2.45, 2.75) is 19.8 Å². The van der Waals surface area contributed by atoms with Crippen LogP contribution in [0.1, 0.15) is 25.3 Å². The third kappa shape index (κ3) is 2.70. The summed E-state index contributed by atoms with van der Waals surface area (Å²) in [5.74, 6) is -2.80. The van der Waals surface area contributed by atoms with E-state index < -0.39 is 17.7 Å². The molecule has 0 aliphatic carbocycles. The molecule has 0 radical (unpaired) electrons. The van der Waals surface area contributed by atoms with Crippen LogP contribution in [0.4, 0.5) is 0 Å². The molecule has 1 rings (SSSR count). The number of aliphatic carboxylic acids is 1. The molecule has 86 valence electrons. The molecule has 1 unspecified atom stereocenters. The number of Topliss-reactive ketones (excluding diaryl/α,β-unsaturated/α-hetero) is 1. The molecule has 1 N–H and O–H groups in total. The lowest BCUT2D eigenvalue weighted by molar-refractivity contribution is -0.150. The van der Waals surface area contributed by atoms with Crippen molar-refractivity contribution in [2.24, 2.45) is 5.92 Å². The van der Waals surface area contributed by atoms with Gasteiger partial charge in [0.2, 0.25) is 5.78 Å². The minimum Gasteiger partial charge on any atom is -0.475 e. The summed E-state index contributed by atoms with van der Waals surface area (Å²) < 4.78 is 0.767. The van der Waals surface area contributed by atoms with Crippen LogP contribution in [0.15, 0.2) is 28.7 Å². The maximum Gasteiger partial charge on any atom is 0.372 e. The summed E-state index contributed by atoms with van der Waals surface area (Å²) in [6, 6.07) is 7.20. The van der Waals surface area contributed by atoms with Crippen molar-refractivity contribution < 1.29 is 14.7 Å². The van der Waals surface area contributed by atoms with Gasteiger partial charge >= 0.3 is 5.97 Å². The van der Waals surface area contributed by atoms with Crippen molar-refractivity contribution in [1.29, 1.82) is 0 Å². The molecule has 16 heavy (non-hydrogen) atoms. The monoisotopic (exact) mass is 284 g/mol. The molecule has 0 fully saturated rings. The minimum atomic E-state index is -1.38. The molecular weight excluding hydrogens is 272 g/mol. The lowest BCUT2D eigenvalue weighted by Crippen LogP contribution is -2.25. The number of hydrogen-bond acceptors (Lipinski definition) is 2. The van der Waals surface area contributed by atoms with Crippen LogP contribution in [0.5, 0.6) is 0 Å². The van der Waals surface area contributed by atoms with Crippen LogP contribution in [-0.4, -0.2) is 16.9 Å². The van der Waals surface area contributed by atoms with E-state index >= 15 is 0 Å². The number of benzene rings is 1. The smallest absolute Gasteiger partial charge is 0.372 e. The number of rotatable bonds is 4. The summed E-state index contributed by atoms with van der Waals surface area (Å²) in [5, 5.41) is 8.79. The number of ketones is 1. The summed E-state index contributed by atoms with van der Waals surface area (Å²) >= 11 is 3.34. The molecule has 0 saturated heterocycles. The number of carboxylic acid groups (broad SMARTS) is 1. The number of carbonyl (C=O) groups is 2. The van der Waals surface area contributed by atoms with E-state index in [4.69, 9.17) is 5.11 Å². The zero-order valence-electron chi connectivity index (χ0n) is 9.11. The topological polar surface area (TPSA) is 54.4 Å². The van der Waals surface area contributed by atoms with Crippen molar-refractivity contribution in [3.8, 4) is 0 Å². The van der Waals surface area contributed by atoms with Gasteiger partial charge in [-0.1, -0.05) is 48.0 Å². The van der Waals surface area contributed by atoms with E-state index in [1.807, 2.05) is 19.9 Å². The molecule has 4 heteroatoms. The molecule has 0 aromatic heterocycles. The molecule has 0 aliphatic rings. The summed E-state index contributed by atoms with van der Waals surface area (Å²) in [6.45, 7) is 3.68. The van der Waals surface area contributed by atoms with Crippen LogP contribution >= 0.6 is 15.9 Å². The molecule has 0 spiro atoms. The Morgan fingerprint density at radius 1 is 1.25 bits per heavy atom. The highest BCUT2D eigenvalue weighted by atomic mass is 79.9. The van der Waals surface area contributed by atoms with Gasteiger partial charge in [0, 0.05) is 4.47 Å². The lowest BCUT2D eigenvalue weighted by atomic mass is 9.85. The van der Waals surface area contributed by atoms with Crippen LogP contribution in [0, 0.1) is 5.92 Å². The van der Waals surface area contributed by atoms with Gasteiger partial charge in [-0.3, -0.25) is 4.79 Å². The fourth-order valence-electron chi connectivity index (χ4n) is 1.66. The van der Waals surface area contributed by atoms with Crippen LogP contribution in [0.3, 0.4) is 0 Å². The average Bonchev–Trinajstić information content (AvgIpc) is 2.20. The van der Waals surface area contributed by atoms with E-state index in [2.05, 4.69) is 15.9 Å². The standard InChI is InChI=1S/C12H13BrO3/c1-7(2)10(11(14)12(15)16)8-5-3-4-6-9(8)13/h3-7,10H,1-2H3,(H,15,16). The van der Waals surface area contributed by atoms with Crippen LogP contribution in [0.25, 0.3) is 0 Å². The highest BCUT2D eigenvalue weighted by molar-refractivity contribution is 9.10. The molecule has 0 heterocycles. The molecule has 1 atom stereocenters. The summed E-state index contributed by atoms with van der Waals surface area (Å²) in [4.78, 5) is 22.4. The maximum atomic E-state index is 11.6. The number of halogens is 1. The molecule has 0 amide bonds. The fourth-order valence-corrected chi connectivity index (χ4v) is 2.19. The van der Waals surface area contributed by atoms with Crippen LogP contribution in [-0.2, 0) is 9.59 Å². The molecule has 0 bridgehead atoms. The predicted molar refractivity (Wildman–Crippen MR) is 64.4 cm³/mol. The van der Waals surface area contributed by atoms with Crippen molar-refractivity contribution in [2.75, 3.05) is 0 Å². The van der Waals surface area contributed by atoms with E-state index in [1.54, 1.807) is 18.2 Å². The van der Waals surface area contributed by atoms with Crippen LogP contribution < -0.4 is 0 Å². The van der Waals surface area contributed by atoms with Gasteiger partial charge in [0.05, 0.1) is 5.92 Å². The zero-order chi connectivity index (χ0) is 12.3. The predicted octanol–water partition coefficient (Wildman–Crippen LogP) is 2.84. The highest BCUT2D eigenvalue weighted by Gasteiger charge is 2.30. The second-order valence-electron chi connectivity index (χ2n) is 3.91. The minimum absolute atomic E-state index is 0.0534. The summed E-state index contributed by atoms with van der Waals surface area (Å²) in [6.07, 6.45) is 0.